The molecule has 1 aliphatic carbocycles. The molecule has 1 saturated carbocycles. The van der Waals surface area contributed by atoms with Gasteiger partial charge in [-0.05, 0) is 56.4 Å². The van der Waals surface area contributed by atoms with Crippen molar-refractivity contribution in [3.63, 3.8) is 0 Å². The zero-order valence-electron chi connectivity index (χ0n) is 15.1. The number of Topliss-reactive ketones (excluding diaryl/α,β-unsaturated/α-hetero) is 1. The topological polar surface area (TPSA) is 47.8 Å². The molecule has 1 fully saturated rings. The maximum atomic E-state index is 12.7. The molecule has 1 aromatic carbocycles. The van der Waals surface area contributed by atoms with Gasteiger partial charge in [0.25, 0.3) is 0 Å². The molecule has 128 valence electrons. The van der Waals surface area contributed by atoms with Crippen LogP contribution in [0.15, 0.2) is 17.3 Å². The molecule has 0 bridgehead atoms. The molecule has 0 spiro atoms. The highest BCUT2D eigenvalue weighted by Crippen LogP contribution is 2.40. The third-order valence-corrected chi connectivity index (χ3v) is 5.54. The van der Waals surface area contributed by atoms with Gasteiger partial charge in [0.1, 0.15) is 5.82 Å². The summed E-state index contributed by atoms with van der Waals surface area (Å²) >= 11 is 1.52. The average molecular weight is 343 g/mol. The second kappa shape index (κ2) is 6.71. The van der Waals surface area contributed by atoms with Gasteiger partial charge in [0, 0.05) is 17.5 Å². The van der Waals surface area contributed by atoms with Crippen LogP contribution in [0.4, 0.5) is 0 Å². The first-order chi connectivity index (χ1) is 11.4. The number of aromatic nitrogens is 3. The van der Waals surface area contributed by atoms with Crippen LogP contribution in [0.2, 0.25) is 0 Å². The first-order valence-electron chi connectivity index (χ1n) is 8.57. The largest absolute Gasteiger partial charge is 0.303 e. The fourth-order valence-electron chi connectivity index (χ4n) is 2.93. The summed E-state index contributed by atoms with van der Waals surface area (Å²) in [5, 5.41) is 9.58. The van der Waals surface area contributed by atoms with E-state index in [-0.39, 0.29) is 5.78 Å². The Kier molecular flexibility index (Phi) is 4.81. The van der Waals surface area contributed by atoms with Crippen molar-refractivity contribution in [2.45, 2.75) is 64.6 Å². The Balaban J connectivity index is 1.77. The van der Waals surface area contributed by atoms with Crippen molar-refractivity contribution in [2.24, 2.45) is 0 Å². The summed E-state index contributed by atoms with van der Waals surface area (Å²) in [5.74, 6) is 1.96. The Labute approximate surface area is 148 Å². The van der Waals surface area contributed by atoms with Crippen LogP contribution in [0, 0.1) is 20.8 Å². The van der Waals surface area contributed by atoms with Gasteiger partial charge in [-0.15, -0.1) is 10.2 Å². The number of rotatable bonds is 6. The van der Waals surface area contributed by atoms with Gasteiger partial charge in [-0.2, -0.15) is 0 Å². The van der Waals surface area contributed by atoms with E-state index in [0.29, 0.717) is 17.7 Å². The number of hydrogen-bond acceptors (Lipinski definition) is 4. The van der Waals surface area contributed by atoms with Crippen molar-refractivity contribution in [2.75, 3.05) is 5.75 Å². The lowest BCUT2D eigenvalue weighted by atomic mass is 9.99. The molecule has 4 nitrogen and oxygen atoms in total. The van der Waals surface area contributed by atoms with E-state index >= 15 is 0 Å². The predicted molar refractivity (Wildman–Crippen MR) is 98.1 cm³/mol. The first-order valence-corrected chi connectivity index (χ1v) is 9.55. The third-order valence-electron chi connectivity index (χ3n) is 4.59. The number of aryl methyl sites for hydroxylation is 3. The van der Waals surface area contributed by atoms with Crippen LogP contribution in [0.1, 0.15) is 71.5 Å². The minimum atomic E-state index is 0.164. The van der Waals surface area contributed by atoms with Crippen LogP contribution in [-0.4, -0.2) is 26.3 Å². The smallest absolute Gasteiger partial charge is 0.191 e. The van der Waals surface area contributed by atoms with Crippen LogP contribution in [-0.2, 0) is 0 Å². The number of thioether (sulfide) groups is 1. The Bertz CT molecular complexity index is 775. The summed E-state index contributed by atoms with van der Waals surface area (Å²) in [6, 6.07) is 4.63. The second-order valence-corrected chi connectivity index (χ2v) is 8.00. The van der Waals surface area contributed by atoms with Crippen LogP contribution in [0.3, 0.4) is 0 Å². The number of carbonyl (C=O) groups is 1. The van der Waals surface area contributed by atoms with Gasteiger partial charge < -0.3 is 4.57 Å². The Hall–Kier alpha value is -1.62. The molecule has 0 aliphatic heterocycles. The number of nitrogens with zero attached hydrogens (tertiary/aromatic N) is 3. The van der Waals surface area contributed by atoms with Crippen LogP contribution in [0.5, 0.6) is 0 Å². The molecule has 2 aromatic rings. The zero-order chi connectivity index (χ0) is 17.4. The molecule has 5 heteroatoms. The molecule has 24 heavy (non-hydrogen) atoms. The highest BCUT2D eigenvalue weighted by atomic mass is 32.2. The molecule has 1 aromatic heterocycles. The lowest BCUT2D eigenvalue weighted by Crippen LogP contribution is -2.08. The van der Waals surface area contributed by atoms with Crippen molar-refractivity contribution in [1.82, 2.24) is 14.8 Å². The Morgan fingerprint density at radius 2 is 1.83 bits per heavy atom. The molecular weight excluding hydrogens is 318 g/mol. The fraction of sp³-hybridized carbons (Fsp3) is 0.526. The standard InChI is InChI=1S/C19H25N3OS/c1-11(2)18-20-21-19(22(18)15-6-7-15)24-10-17(23)16-9-13(4)12(3)8-14(16)5/h8-9,11,15H,6-7,10H2,1-5H3. The van der Waals surface area contributed by atoms with Crippen molar-refractivity contribution >= 4 is 17.5 Å². The second-order valence-electron chi connectivity index (χ2n) is 7.06. The number of ketones is 1. The van der Waals surface area contributed by atoms with E-state index in [1.165, 1.54) is 30.2 Å². The molecule has 0 N–H and O–H groups in total. The fourth-order valence-corrected chi connectivity index (χ4v) is 3.82. The highest BCUT2D eigenvalue weighted by Gasteiger charge is 2.30. The maximum absolute atomic E-state index is 12.7. The molecule has 0 saturated heterocycles. The van der Waals surface area contributed by atoms with Crippen molar-refractivity contribution in [3.8, 4) is 0 Å². The van der Waals surface area contributed by atoms with E-state index in [1.807, 2.05) is 13.0 Å². The summed E-state index contributed by atoms with van der Waals surface area (Å²) in [4.78, 5) is 12.7. The van der Waals surface area contributed by atoms with Gasteiger partial charge in [-0.25, -0.2) is 0 Å². The number of benzene rings is 1. The molecule has 0 radical (unpaired) electrons. The average Bonchev–Trinajstić information content (AvgIpc) is 3.27. The quantitative estimate of drug-likeness (QED) is 0.566. The van der Waals surface area contributed by atoms with Gasteiger partial charge in [0.2, 0.25) is 0 Å². The van der Waals surface area contributed by atoms with E-state index in [4.69, 9.17) is 0 Å². The molecule has 3 rings (SSSR count). The van der Waals surface area contributed by atoms with Crippen molar-refractivity contribution in [3.05, 3.63) is 40.2 Å². The normalized spacial score (nSPS) is 14.4. The molecule has 0 atom stereocenters. The molecule has 0 amide bonds. The Morgan fingerprint density at radius 1 is 1.17 bits per heavy atom. The third kappa shape index (κ3) is 3.41. The minimum absolute atomic E-state index is 0.164. The van der Waals surface area contributed by atoms with Gasteiger partial charge in [0.15, 0.2) is 10.9 Å². The molecular formula is C19H25N3OS. The SMILES string of the molecule is Cc1cc(C)c(C(=O)CSc2nnc(C(C)C)n2C2CC2)cc1C. The molecule has 0 unspecified atom stereocenters. The van der Waals surface area contributed by atoms with Gasteiger partial charge in [-0.3, -0.25) is 4.79 Å². The number of carbonyl (C=O) groups excluding carboxylic acids is 1. The van der Waals surface area contributed by atoms with Gasteiger partial charge in [-0.1, -0.05) is 31.7 Å². The van der Waals surface area contributed by atoms with Crippen molar-refractivity contribution < 1.29 is 4.79 Å². The van der Waals surface area contributed by atoms with E-state index in [9.17, 15) is 4.79 Å². The molecule has 1 heterocycles. The first kappa shape index (κ1) is 17.2. The van der Waals surface area contributed by atoms with E-state index in [1.54, 1.807) is 0 Å². The van der Waals surface area contributed by atoms with E-state index in [2.05, 4.69) is 48.5 Å². The summed E-state index contributed by atoms with van der Waals surface area (Å²) in [7, 11) is 0. The monoisotopic (exact) mass is 343 g/mol. The molecule has 1 aliphatic rings. The van der Waals surface area contributed by atoms with Crippen LogP contribution in [0.25, 0.3) is 0 Å². The Morgan fingerprint density at radius 3 is 2.46 bits per heavy atom. The summed E-state index contributed by atoms with van der Waals surface area (Å²) < 4.78 is 2.25. The summed E-state index contributed by atoms with van der Waals surface area (Å²) in [6.45, 7) is 10.4. The van der Waals surface area contributed by atoms with Crippen LogP contribution < -0.4 is 0 Å². The minimum Gasteiger partial charge on any atom is -0.303 e. The van der Waals surface area contributed by atoms with Crippen LogP contribution >= 0.6 is 11.8 Å². The lowest BCUT2D eigenvalue weighted by molar-refractivity contribution is 0.102. The van der Waals surface area contributed by atoms with Gasteiger partial charge in [0.05, 0.1) is 5.75 Å². The highest BCUT2D eigenvalue weighted by molar-refractivity contribution is 7.99. The van der Waals surface area contributed by atoms with E-state index in [0.717, 1.165) is 27.7 Å². The van der Waals surface area contributed by atoms with E-state index < -0.39 is 0 Å². The number of hydrogen-bond donors (Lipinski definition) is 0. The summed E-state index contributed by atoms with van der Waals surface area (Å²) in [5.41, 5.74) is 4.27. The summed E-state index contributed by atoms with van der Waals surface area (Å²) in [6.07, 6.45) is 2.38. The zero-order valence-corrected chi connectivity index (χ0v) is 15.9. The van der Waals surface area contributed by atoms with Crippen molar-refractivity contribution in [1.29, 1.82) is 0 Å². The van der Waals surface area contributed by atoms with Gasteiger partial charge >= 0.3 is 0 Å². The predicted octanol–water partition coefficient (Wildman–Crippen LogP) is 4.64. The lowest BCUT2D eigenvalue weighted by Gasteiger charge is -2.11. The maximum Gasteiger partial charge on any atom is 0.191 e.